The third kappa shape index (κ3) is 2.45. The fourth-order valence-corrected chi connectivity index (χ4v) is 4.18. The van der Waals surface area contributed by atoms with Crippen molar-refractivity contribution in [1.29, 1.82) is 0 Å². The van der Waals surface area contributed by atoms with Gasteiger partial charge in [-0.1, -0.05) is 19.8 Å². The zero-order chi connectivity index (χ0) is 12.6. The molecule has 3 unspecified atom stereocenters. The first-order chi connectivity index (χ1) is 8.69. The molecule has 0 aromatic rings. The summed E-state index contributed by atoms with van der Waals surface area (Å²) in [5.74, 6) is 0.432. The highest BCUT2D eigenvalue weighted by Crippen LogP contribution is 2.41. The average Bonchev–Trinajstić information content (AvgIpc) is 2.81. The molecule has 2 aliphatic heterocycles. The molecule has 1 N–H and O–H groups in total. The van der Waals surface area contributed by atoms with Gasteiger partial charge in [-0.3, -0.25) is 4.90 Å². The fourth-order valence-electron chi connectivity index (χ4n) is 4.18. The average molecular weight is 253 g/mol. The van der Waals surface area contributed by atoms with Crippen LogP contribution in [0.25, 0.3) is 0 Å². The van der Waals surface area contributed by atoms with Crippen LogP contribution in [0.2, 0.25) is 0 Å². The van der Waals surface area contributed by atoms with E-state index in [-0.39, 0.29) is 11.7 Å². The third-order valence-electron chi connectivity index (χ3n) is 5.39. The number of aliphatic hydroxyl groups excluding tert-OH is 1. The number of piperidine rings is 1. The van der Waals surface area contributed by atoms with Crippen LogP contribution in [0.15, 0.2) is 0 Å². The predicted molar refractivity (Wildman–Crippen MR) is 71.5 cm³/mol. The van der Waals surface area contributed by atoms with Crippen molar-refractivity contribution in [2.75, 3.05) is 19.7 Å². The Kier molecular flexibility index (Phi) is 3.65. The van der Waals surface area contributed by atoms with E-state index in [2.05, 4.69) is 11.8 Å². The van der Waals surface area contributed by atoms with Gasteiger partial charge in [0.25, 0.3) is 0 Å². The zero-order valence-corrected chi connectivity index (χ0v) is 11.6. The van der Waals surface area contributed by atoms with Crippen molar-refractivity contribution >= 4 is 0 Å². The molecule has 104 valence electrons. The minimum Gasteiger partial charge on any atom is -0.393 e. The normalized spacial score (nSPS) is 41.3. The summed E-state index contributed by atoms with van der Waals surface area (Å²) in [6.45, 7) is 5.27. The number of hydrogen-bond acceptors (Lipinski definition) is 3. The summed E-state index contributed by atoms with van der Waals surface area (Å²) < 4.78 is 6.12. The number of likely N-dealkylation sites (tertiary alicyclic amines) is 1. The van der Waals surface area contributed by atoms with Gasteiger partial charge in [0.1, 0.15) is 0 Å². The maximum Gasteiger partial charge on any atom is 0.0697 e. The molecule has 0 amide bonds. The minimum absolute atomic E-state index is 0.0819. The predicted octanol–water partition coefficient (Wildman–Crippen LogP) is 2.18. The molecule has 3 heteroatoms. The van der Waals surface area contributed by atoms with Crippen molar-refractivity contribution in [3.8, 4) is 0 Å². The standard InChI is InChI=1S/C15H27NO2/c1-12-11-16(8-4-14(12)17)13-5-9-18-15(10-13)6-2-3-7-15/h12-14,17H,2-11H2,1H3. The second kappa shape index (κ2) is 5.10. The van der Waals surface area contributed by atoms with Crippen molar-refractivity contribution in [2.45, 2.75) is 69.6 Å². The highest BCUT2D eigenvalue weighted by atomic mass is 16.5. The molecule has 3 rings (SSSR count). The molecule has 1 saturated carbocycles. The molecule has 2 heterocycles. The highest BCUT2D eigenvalue weighted by molar-refractivity contribution is 4.95. The van der Waals surface area contributed by atoms with Gasteiger partial charge >= 0.3 is 0 Å². The van der Waals surface area contributed by atoms with Gasteiger partial charge in [0.15, 0.2) is 0 Å². The second-order valence-corrected chi connectivity index (χ2v) is 6.71. The quantitative estimate of drug-likeness (QED) is 0.777. The number of hydrogen-bond donors (Lipinski definition) is 1. The Hall–Kier alpha value is -0.120. The van der Waals surface area contributed by atoms with Gasteiger partial charge in [-0.25, -0.2) is 0 Å². The molecule has 3 atom stereocenters. The van der Waals surface area contributed by atoms with E-state index in [1.54, 1.807) is 0 Å². The summed E-state index contributed by atoms with van der Waals surface area (Å²) in [5, 5.41) is 9.85. The van der Waals surface area contributed by atoms with Crippen molar-refractivity contribution in [3.63, 3.8) is 0 Å². The van der Waals surface area contributed by atoms with Gasteiger partial charge < -0.3 is 9.84 Å². The summed E-state index contributed by atoms with van der Waals surface area (Å²) in [7, 11) is 0. The van der Waals surface area contributed by atoms with Gasteiger partial charge in [0, 0.05) is 25.7 Å². The molecule has 3 fully saturated rings. The minimum atomic E-state index is -0.0819. The summed E-state index contributed by atoms with van der Waals surface area (Å²) in [6, 6.07) is 0.701. The van der Waals surface area contributed by atoms with E-state index in [0.717, 1.165) is 26.1 Å². The Morgan fingerprint density at radius 1 is 1.22 bits per heavy atom. The van der Waals surface area contributed by atoms with Gasteiger partial charge in [0.05, 0.1) is 11.7 Å². The Balaban J connectivity index is 1.62. The van der Waals surface area contributed by atoms with Gasteiger partial charge in [-0.05, 0) is 38.0 Å². The smallest absolute Gasteiger partial charge is 0.0697 e. The number of nitrogens with zero attached hydrogens (tertiary/aromatic N) is 1. The summed E-state index contributed by atoms with van der Waals surface area (Å²) >= 11 is 0. The van der Waals surface area contributed by atoms with Crippen LogP contribution in [0, 0.1) is 5.92 Å². The van der Waals surface area contributed by atoms with E-state index in [0.29, 0.717) is 12.0 Å². The Morgan fingerprint density at radius 2 is 2.00 bits per heavy atom. The Morgan fingerprint density at radius 3 is 2.72 bits per heavy atom. The van der Waals surface area contributed by atoms with Crippen molar-refractivity contribution in [1.82, 2.24) is 4.90 Å². The van der Waals surface area contributed by atoms with Crippen LogP contribution in [0.3, 0.4) is 0 Å². The summed E-state index contributed by atoms with van der Waals surface area (Å²) in [4.78, 5) is 2.62. The lowest BCUT2D eigenvalue weighted by Gasteiger charge is -2.46. The second-order valence-electron chi connectivity index (χ2n) is 6.71. The van der Waals surface area contributed by atoms with E-state index in [1.807, 2.05) is 0 Å². The van der Waals surface area contributed by atoms with Gasteiger partial charge in [0.2, 0.25) is 0 Å². The largest absolute Gasteiger partial charge is 0.393 e. The maximum absolute atomic E-state index is 9.85. The monoisotopic (exact) mass is 253 g/mol. The highest BCUT2D eigenvalue weighted by Gasteiger charge is 2.42. The van der Waals surface area contributed by atoms with Crippen LogP contribution in [-0.4, -0.2) is 47.4 Å². The van der Waals surface area contributed by atoms with Crippen LogP contribution in [-0.2, 0) is 4.74 Å². The van der Waals surface area contributed by atoms with Gasteiger partial charge in [-0.15, -0.1) is 0 Å². The maximum atomic E-state index is 9.85. The van der Waals surface area contributed by atoms with Gasteiger partial charge in [-0.2, -0.15) is 0 Å². The van der Waals surface area contributed by atoms with Crippen LogP contribution >= 0.6 is 0 Å². The molecule has 18 heavy (non-hydrogen) atoms. The van der Waals surface area contributed by atoms with Crippen LogP contribution in [0.5, 0.6) is 0 Å². The number of ether oxygens (including phenoxy) is 1. The lowest BCUT2D eigenvalue weighted by molar-refractivity contribution is -0.110. The number of rotatable bonds is 1. The lowest BCUT2D eigenvalue weighted by Crippen LogP contribution is -2.52. The molecule has 0 bridgehead atoms. The van der Waals surface area contributed by atoms with Crippen molar-refractivity contribution in [2.24, 2.45) is 5.92 Å². The molecule has 0 aromatic heterocycles. The van der Waals surface area contributed by atoms with E-state index >= 15 is 0 Å². The molecular weight excluding hydrogens is 226 g/mol. The van der Waals surface area contributed by atoms with E-state index in [9.17, 15) is 5.11 Å². The Bertz CT molecular complexity index is 288. The van der Waals surface area contributed by atoms with Crippen LogP contribution in [0.1, 0.15) is 51.9 Å². The molecule has 1 aliphatic carbocycles. The summed E-state index contributed by atoms with van der Waals surface area (Å²) in [6.07, 6.45) is 8.53. The molecule has 3 aliphatic rings. The zero-order valence-electron chi connectivity index (χ0n) is 11.6. The van der Waals surface area contributed by atoms with E-state index < -0.39 is 0 Å². The van der Waals surface area contributed by atoms with E-state index in [1.165, 1.54) is 38.5 Å². The third-order valence-corrected chi connectivity index (χ3v) is 5.39. The summed E-state index contributed by atoms with van der Waals surface area (Å²) in [5.41, 5.74) is 0.224. The topological polar surface area (TPSA) is 32.7 Å². The lowest BCUT2D eigenvalue weighted by atomic mass is 9.86. The van der Waals surface area contributed by atoms with Crippen LogP contribution < -0.4 is 0 Å². The molecular formula is C15H27NO2. The fraction of sp³-hybridized carbons (Fsp3) is 1.00. The molecule has 3 nitrogen and oxygen atoms in total. The van der Waals surface area contributed by atoms with Crippen LogP contribution in [0.4, 0.5) is 0 Å². The van der Waals surface area contributed by atoms with Crippen molar-refractivity contribution < 1.29 is 9.84 Å². The first kappa shape index (κ1) is 12.9. The molecule has 0 aromatic carbocycles. The first-order valence-corrected chi connectivity index (χ1v) is 7.75. The molecule has 2 saturated heterocycles. The van der Waals surface area contributed by atoms with Crippen molar-refractivity contribution in [3.05, 3.63) is 0 Å². The van der Waals surface area contributed by atoms with E-state index in [4.69, 9.17) is 4.74 Å². The first-order valence-electron chi connectivity index (χ1n) is 7.75. The Labute approximate surface area is 110 Å². The number of aliphatic hydroxyl groups is 1. The molecule has 0 radical (unpaired) electrons. The SMILES string of the molecule is CC1CN(C2CCOC3(CCCC3)C2)CCC1O. The molecule has 1 spiro atoms.